The molecule has 1 heterocycles. The Morgan fingerprint density at radius 2 is 2.50 bits per heavy atom. The molecule has 0 aromatic heterocycles. The number of carbonyl (C=O) groups excluding carboxylic acids is 1. The van der Waals surface area contributed by atoms with Crippen LogP contribution in [0.1, 0.15) is 13.3 Å². The molecule has 1 nitrogen and oxygen atoms in total. The largest absolute Gasteiger partial charge is 0.299 e. The number of Topliss-reactive ketones (excluding diaryl/α,β-unsaturated/α-hetero) is 1. The fraction of sp³-hybridized carbons (Fsp3) is 0.833. The van der Waals surface area contributed by atoms with E-state index in [1.807, 2.05) is 0 Å². The van der Waals surface area contributed by atoms with Gasteiger partial charge in [-0.3, -0.25) is 4.79 Å². The van der Waals surface area contributed by atoms with E-state index in [0.29, 0.717) is 11.7 Å². The summed E-state index contributed by atoms with van der Waals surface area (Å²) in [7, 11) is 0. The minimum absolute atomic E-state index is 0.425. The van der Waals surface area contributed by atoms with Gasteiger partial charge in [-0.05, 0) is 11.7 Å². The van der Waals surface area contributed by atoms with Crippen molar-refractivity contribution in [1.29, 1.82) is 0 Å². The van der Waals surface area contributed by atoms with E-state index < -0.39 is 0 Å². The number of thioether (sulfide) groups is 1. The summed E-state index contributed by atoms with van der Waals surface area (Å²) >= 11 is 1.76. The predicted octanol–water partition coefficient (Wildman–Crippen LogP) is 1.33. The third-order valence-electron chi connectivity index (χ3n) is 1.24. The first kappa shape index (κ1) is 6.14. The molecule has 46 valence electrons. The predicted molar refractivity (Wildman–Crippen MR) is 36.1 cm³/mol. The van der Waals surface area contributed by atoms with Crippen LogP contribution in [0.25, 0.3) is 0 Å². The number of ketones is 1. The summed E-state index contributed by atoms with van der Waals surface area (Å²) in [6, 6.07) is 0. The van der Waals surface area contributed by atoms with Crippen molar-refractivity contribution in [3.8, 4) is 0 Å². The molecule has 0 bridgehead atoms. The smallest absolute Gasteiger partial charge is 0.143 e. The molecule has 0 spiro atoms. The molecule has 0 aliphatic carbocycles. The van der Waals surface area contributed by atoms with Crippen molar-refractivity contribution in [3.63, 3.8) is 0 Å². The maximum Gasteiger partial charge on any atom is 0.143 e. The second-order valence-electron chi connectivity index (χ2n) is 2.36. The van der Waals surface area contributed by atoms with Crippen LogP contribution in [0.3, 0.4) is 0 Å². The van der Waals surface area contributed by atoms with E-state index in [2.05, 4.69) is 6.92 Å². The number of hydrogen-bond acceptors (Lipinski definition) is 2. The van der Waals surface area contributed by atoms with Crippen LogP contribution in [0.2, 0.25) is 0 Å². The molecule has 0 aromatic carbocycles. The average Bonchev–Trinajstić information content (AvgIpc) is 1.64. The fourth-order valence-corrected chi connectivity index (χ4v) is 1.86. The maximum atomic E-state index is 10.7. The van der Waals surface area contributed by atoms with Crippen molar-refractivity contribution in [2.45, 2.75) is 13.3 Å². The summed E-state index contributed by atoms with van der Waals surface area (Å²) in [4.78, 5) is 10.7. The zero-order valence-corrected chi connectivity index (χ0v) is 5.83. The Labute approximate surface area is 53.8 Å². The average molecular weight is 130 g/mol. The molecule has 1 aliphatic rings. The van der Waals surface area contributed by atoms with Gasteiger partial charge in [0.15, 0.2) is 0 Å². The van der Waals surface area contributed by atoms with Gasteiger partial charge in [-0.1, -0.05) is 6.92 Å². The molecule has 1 atom stereocenters. The first-order valence-corrected chi connectivity index (χ1v) is 4.04. The molecular weight excluding hydrogens is 120 g/mol. The van der Waals surface area contributed by atoms with Crippen LogP contribution >= 0.6 is 11.8 Å². The zero-order valence-electron chi connectivity index (χ0n) is 5.02. The van der Waals surface area contributed by atoms with E-state index in [-0.39, 0.29) is 0 Å². The summed E-state index contributed by atoms with van der Waals surface area (Å²) in [5, 5.41) is 0. The Hall–Kier alpha value is 0.0200. The zero-order chi connectivity index (χ0) is 5.98. The van der Waals surface area contributed by atoms with Crippen LogP contribution in [-0.2, 0) is 4.79 Å². The molecule has 2 heteroatoms. The van der Waals surface area contributed by atoms with E-state index in [4.69, 9.17) is 0 Å². The summed E-state index contributed by atoms with van der Waals surface area (Å²) in [5.41, 5.74) is 0. The number of carbonyl (C=O) groups is 1. The van der Waals surface area contributed by atoms with Crippen molar-refractivity contribution in [3.05, 3.63) is 0 Å². The third-order valence-corrected chi connectivity index (χ3v) is 2.57. The fourth-order valence-electron chi connectivity index (χ4n) is 0.880. The van der Waals surface area contributed by atoms with Gasteiger partial charge in [0.25, 0.3) is 0 Å². The standard InChI is InChI=1S/C6H10OS/c1-5-2-6(7)4-8-3-5/h5H,2-4H2,1H3/t5-/m0/s1. The third kappa shape index (κ3) is 1.51. The van der Waals surface area contributed by atoms with Crippen molar-refractivity contribution < 1.29 is 4.79 Å². The van der Waals surface area contributed by atoms with Crippen LogP contribution in [-0.4, -0.2) is 17.3 Å². The second kappa shape index (κ2) is 2.53. The Morgan fingerprint density at radius 1 is 1.75 bits per heavy atom. The molecule has 1 saturated heterocycles. The van der Waals surface area contributed by atoms with Gasteiger partial charge < -0.3 is 0 Å². The van der Waals surface area contributed by atoms with Gasteiger partial charge in [-0.15, -0.1) is 0 Å². The van der Waals surface area contributed by atoms with Gasteiger partial charge >= 0.3 is 0 Å². The van der Waals surface area contributed by atoms with Gasteiger partial charge in [0.2, 0.25) is 0 Å². The van der Waals surface area contributed by atoms with E-state index in [1.165, 1.54) is 5.75 Å². The lowest BCUT2D eigenvalue weighted by Gasteiger charge is -2.14. The number of rotatable bonds is 0. The normalized spacial score (nSPS) is 30.6. The molecule has 0 radical (unpaired) electrons. The van der Waals surface area contributed by atoms with Crippen LogP contribution in [0.4, 0.5) is 0 Å². The lowest BCUT2D eigenvalue weighted by molar-refractivity contribution is -0.117. The first-order valence-electron chi connectivity index (χ1n) is 2.88. The van der Waals surface area contributed by atoms with Crippen molar-refractivity contribution >= 4 is 17.5 Å². The Kier molecular flexibility index (Phi) is 1.95. The van der Waals surface area contributed by atoms with E-state index in [1.54, 1.807) is 11.8 Å². The van der Waals surface area contributed by atoms with Gasteiger partial charge in [0.05, 0.1) is 5.75 Å². The molecule has 1 rings (SSSR count). The van der Waals surface area contributed by atoms with E-state index >= 15 is 0 Å². The van der Waals surface area contributed by atoms with Crippen LogP contribution in [0.5, 0.6) is 0 Å². The minimum atomic E-state index is 0.425. The van der Waals surface area contributed by atoms with Crippen molar-refractivity contribution in [2.75, 3.05) is 11.5 Å². The van der Waals surface area contributed by atoms with Crippen molar-refractivity contribution in [2.24, 2.45) is 5.92 Å². The minimum Gasteiger partial charge on any atom is -0.299 e. The number of hydrogen-bond donors (Lipinski definition) is 0. The quantitative estimate of drug-likeness (QED) is 0.492. The van der Waals surface area contributed by atoms with Crippen LogP contribution in [0, 0.1) is 5.92 Å². The lowest BCUT2D eigenvalue weighted by Crippen LogP contribution is -2.16. The van der Waals surface area contributed by atoms with Crippen LogP contribution in [0.15, 0.2) is 0 Å². The molecular formula is C6H10OS. The monoisotopic (exact) mass is 130 g/mol. The highest BCUT2D eigenvalue weighted by molar-refractivity contribution is 8.00. The second-order valence-corrected chi connectivity index (χ2v) is 3.39. The van der Waals surface area contributed by atoms with Gasteiger partial charge in [0, 0.05) is 6.42 Å². The molecule has 0 amide bonds. The van der Waals surface area contributed by atoms with Gasteiger partial charge in [-0.2, -0.15) is 11.8 Å². The maximum absolute atomic E-state index is 10.7. The summed E-state index contributed by atoms with van der Waals surface area (Å²) < 4.78 is 0. The van der Waals surface area contributed by atoms with Gasteiger partial charge in [0.1, 0.15) is 5.78 Å². The molecule has 1 fully saturated rings. The topological polar surface area (TPSA) is 17.1 Å². The lowest BCUT2D eigenvalue weighted by atomic mass is 10.1. The highest BCUT2D eigenvalue weighted by Gasteiger charge is 2.14. The molecule has 0 saturated carbocycles. The molecule has 0 N–H and O–H groups in total. The van der Waals surface area contributed by atoms with Crippen LogP contribution < -0.4 is 0 Å². The Bertz CT molecular complexity index is 101. The molecule has 1 aliphatic heterocycles. The van der Waals surface area contributed by atoms with E-state index in [0.717, 1.165) is 12.2 Å². The Morgan fingerprint density at radius 3 is 2.88 bits per heavy atom. The summed E-state index contributed by atoms with van der Waals surface area (Å²) in [6.45, 7) is 2.13. The van der Waals surface area contributed by atoms with Crippen molar-refractivity contribution in [1.82, 2.24) is 0 Å². The Balaban J connectivity index is 2.34. The molecule has 8 heavy (non-hydrogen) atoms. The van der Waals surface area contributed by atoms with E-state index in [9.17, 15) is 4.79 Å². The summed E-state index contributed by atoms with van der Waals surface area (Å²) in [5.74, 6) is 2.98. The molecule has 0 aromatic rings. The SMILES string of the molecule is C[C@@H]1CSCC(=O)C1. The van der Waals surface area contributed by atoms with Gasteiger partial charge in [-0.25, -0.2) is 0 Å². The highest BCUT2D eigenvalue weighted by Crippen LogP contribution is 2.18. The first-order chi connectivity index (χ1) is 3.79. The highest BCUT2D eigenvalue weighted by atomic mass is 32.2. The summed E-state index contributed by atoms with van der Waals surface area (Å²) in [6.07, 6.45) is 0.812. The molecule has 0 unspecified atom stereocenters.